The second kappa shape index (κ2) is 7.55. The molecule has 1 aliphatic rings. The first-order chi connectivity index (χ1) is 14.4. The Bertz CT molecular complexity index is 1150. The number of aromatic amines is 1. The van der Waals surface area contributed by atoms with E-state index >= 15 is 0 Å². The van der Waals surface area contributed by atoms with E-state index in [0.29, 0.717) is 16.9 Å². The maximum atomic E-state index is 13.1. The molecule has 1 amide bonds. The minimum Gasteiger partial charge on any atom is -0.507 e. The predicted molar refractivity (Wildman–Crippen MR) is 113 cm³/mol. The topological polar surface area (TPSA) is 84.6 Å². The van der Waals surface area contributed by atoms with Crippen LogP contribution in [0.25, 0.3) is 5.76 Å². The lowest BCUT2D eigenvalue weighted by atomic mass is 9.91. The van der Waals surface area contributed by atoms with E-state index < -0.39 is 17.7 Å². The van der Waals surface area contributed by atoms with E-state index in [2.05, 4.69) is 9.97 Å². The van der Waals surface area contributed by atoms with Crippen molar-refractivity contribution in [3.8, 4) is 0 Å². The van der Waals surface area contributed by atoms with Gasteiger partial charge in [0.25, 0.3) is 5.78 Å². The quantitative estimate of drug-likeness (QED) is 0.415. The van der Waals surface area contributed by atoms with Crippen LogP contribution in [0.1, 0.15) is 33.9 Å². The van der Waals surface area contributed by atoms with Crippen LogP contribution < -0.4 is 9.88 Å². The number of H-pyrrole nitrogens is 1. The molecule has 1 aromatic carbocycles. The first-order valence-corrected chi connectivity index (χ1v) is 9.66. The van der Waals surface area contributed by atoms with Gasteiger partial charge in [-0.1, -0.05) is 23.8 Å². The summed E-state index contributed by atoms with van der Waals surface area (Å²) < 4.78 is 0. The zero-order valence-electron chi connectivity index (χ0n) is 17.0. The Morgan fingerprint density at radius 2 is 1.80 bits per heavy atom. The number of nitrogens with zero attached hydrogens (tertiary/aromatic N) is 2. The first kappa shape index (κ1) is 19.5. The maximum Gasteiger partial charge on any atom is 0.301 e. The number of ketones is 1. The number of aliphatic hydroxyl groups excluding tert-OH is 1. The summed E-state index contributed by atoms with van der Waals surface area (Å²) in [4.78, 5) is 34.8. The molecule has 1 fully saturated rings. The molecule has 0 bridgehead atoms. The van der Waals surface area contributed by atoms with Gasteiger partial charge in [0.2, 0.25) is 0 Å². The minimum atomic E-state index is -0.794. The van der Waals surface area contributed by atoms with Crippen LogP contribution in [0, 0.1) is 20.8 Å². The molecular formula is C24H22N3O3+. The number of carbonyl (C=O) groups is 2. The molecule has 2 N–H and O–H groups in total. The molecule has 4 rings (SSSR count). The predicted octanol–water partition coefficient (Wildman–Crippen LogP) is 3.45. The summed E-state index contributed by atoms with van der Waals surface area (Å²) in [5.74, 6) is -1.27. The van der Waals surface area contributed by atoms with Gasteiger partial charge in [0, 0.05) is 23.4 Å². The van der Waals surface area contributed by atoms with Crippen LogP contribution in [-0.2, 0) is 9.59 Å². The molecule has 30 heavy (non-hydrogen) atoms. The number of amides is 1. The zero-order valence-corrected chi connectivity index (χ0v) is 17.0. The lowest BCUT2D eigenvalue weighted by molar-refractivity contribution is -0.378. The van der Waals surface area contributed by atoms with Gasteiger partial charge in [-0.2, -0.15) is 0 Å². The van der Waals surface area contributed by atoms with E-state index in [4.69, 9.17) is 0 Å². The standard InChI is InChI=1S/C24H21N3O3/c1-14-11-15(2)19(16(3)12-14)22(28)20-21(17-7-6-9-25-13-17)27(24(30)23(20)29)18-8-4-5-10-26-18/h4-13,21,28H,1-3H3/p+1. The van der Waals surface area contributed by atoms with Crippen molar-refractivity contribution in [3.63, 3.8) is 0 Å². The number of hydrogen-bond acceptors (Lipinski definition) is 4. The van der Waals surface area contributed by atoms with Crippen molar-refractivity contribution >= 4 is 23.3 Å². The van der Waals surface area contributed by atoms with Crippen LogP contribution in [-0.4, -0.2) is 21.8 Å². The van der Waals surface area contributed by atoms with Gasteiger partial charge >= 0.3 is 5.91 Å². The highest BCUT2D eigenvalue weighted by molar-refractivity contribution is 6.51. The van der Waals surface area contributed by atoms with Crippen molar-refractivity contribution in [1.82, 2.24) is 4.98 Å². The Morgan fingerprint density at radius 3 is 2.40 bits per heavy atom. The van der Waals surface area contributed by atoms with Gasteiger partial charge < -0.3 is 5.11 Å². The van der Waals surface area contributed by atoms with Crippen LogP contribution >= 0.6 is 0 Å². The van der Waals surface area contributed by atoms with E-state index in [1.807, 2.05) is 39.0 Å². The third kappa shape index (κ3) is 3.16. The Kier molecular flexibility index (Phi) is 4.91. The van der Waals surface area contributed by atoms with E-state index in [1.165, 1.54) is 4.90 Å². The average molecular weight is 400 g/mol. The normalized spacial score (nSPS) is 18.1. The molecular weight excluding hydrogens is 378 g/mol. The molecule has 1 unspecified atom stereocenters. The van der Waals surface area contributed by atoms with Gasteiger partial charge in [0.05, 0.1) is 5.57 Å². The van der Waals surface area contributed by atoms with Crippen LogP contribution in [0.5, 0.6) is 0 Å². The number of carbonyl (C=O) groups excluding carboxylic acids is 2. The van der Waals surface area contributed by atoms with Crippen molar-refractivity contribution in [2.45, 2.75) is 26.8 Å². The van der Waals surface area contributed by atoms with E-state index in [1.54, 1.807) is 42.9 Å². The number of aliphatic hydroxyl groups is 1. The lowest BCUT2D eigenvalue weighted by Crippen LogP contribution is -2.30. The first-order valence-electron chi connectivity index (χ1n) is 9.66. The number of pyridine rings is 2. The van der Waals surface area contributed by atoms with Gasteiger partial charge in [0.1, 0.15) is 17.6 Å². The summed E-state index contributed by atoms with van der Waals surface area (Å²) in [7, 11) is 0. The smallest absolute Gasteiger partial charge is 0.301 e. The molecule has 1 aliphatic heterocycles. The molecule has 0 aliphatic carbocycles. The Hall–Kier alpha value is -3.80. The molecule has 1 saturated heterocycles. The highest BCUT2D eigenvalue weighted by Crippen LogP contribution is 2.41. The average Bonchev–Trinajstić information content (AvgIpc) is 2.99. The Labute approximate surface area is 174 Å². The Morgan fingerprint density at radius 1 is 1.07 bits per heavy atom. The fourth-order valence-electron chi connectivity index (χ4n) is 4.15. The SMILES string of the molecule is Cc1cc(C)c(C(O)=C2C(=O)C(=O)N(c3ccccn3)C2c2ccc[nH+]c2)c(C)c1. The van der Waals surface area contributed by atoms with E-state index in [-0.39, 0.29) is 11.3 Å². The number of aromatic nitrogens is 2. The van der Waals surface area contributed by atoms with Gasteiger partial charge in [-0.25, -0.2) is 9.97 Å². The number of anilines is 1. The second-order valence-corrected chi connectivity index (χ2v) is 7.47. The molecule has 150 valence electrons. The van der Waals surface area contributed by atoms with Crippen molar-refractivity contribution in [1.29, 1.82) is 0 Å². The van der Waals surface area contributed by atoms with Crippen molar-refractivity contribution in [2.75, 3.05) is 4.90 Å². The van der Waals surface area contributed by atoms with Gasteiger partial charge in [-0.05, 0) is 50.1 Å². The van der Waals surface area contributed by atoms with Crippen molar-refractivity contribution < 1.29 is 19.7 Å². The zero-order chi connectivity index (χ0) is 21.4. The summed E-state index contributed by atoms with van der Waals surface area (Å²) in [6, 6.07) is 11.9. The molecule has 1 atom stereocenters. The summed E-state index contributed by atoms with van der Waals surface area (Å²) in [5, 5.41) is 11.3. The highest BCUT2D eigenvalue weighted by atomic mass is 16.3. The van der Waals surface area contributed by atoms with Gasteiger partial charge in [-0.15, -0.1) is 0 Å². The summed E-state index contributed by atoms with van der Waals surface area (Å²) in [6.07, 6.45) is 5.02. The number of aryl methyl sites for hydroxylation is 3. The molecule has 0 spiro atoms. The number of nitrogens with one attached hydrogen (secondary N) is 1. The molecule has 0 saturated carbocycles. The van der Waals surface area contributed by atoms with Crippen LogP contribution in [0.15, 0.2) is 66.6 Å². The molecule has 6 nitrogen and oxygen atoms in total. The third-order valence-corrected chi connectivity index (χ3v) is 5.30. The van der Waals surface area contributed by atoms with Crippen molar-refractivity contribution in [2.24, 2.45) is 0 Å². The van der Waals surface area contributed by atoms with Crippen LogP contribution in [0.3, 0.4) is 0 Å². The van der Waals surface area contributed by atoms with Crippen molar-refractivity contribution in [3.05, 3.63) is 94.4 Å². The van der Waals surface area contributed by atoms with Crippen LogP contribution in [0.2, 0.25) is 0 Å². The molecule has 6 heteroatoms. The minimum absolute atomic E-state index is 0.0558. The fourth-order valence-corrected chi connectivity index (χ4v) is 4.15. The maximum absolute atomic E-state index is 13.1. The summed E-state index contributed by atoms with van der Waals surface area (Å²) in [5.41, 5.74) is 4.04. The summed E-state index contributed by atoms with van der Waals surface area (Å²) in [6.45, 7) is 5.74. The van der Waals surface area contributed by atoms with Gasteiger partial charge in [0.15, 0.2) is 12.4 Å². The van der Waals surface area contributed by atoms with E-state index in [0.717, 1.165) is 16.7 Å². The highest BCUT2D eigenvalue weighted by Gasteiger charge is 2.48. The fraction of sp³-hybridized carbons (Fsp3) is 0.167. The third-order valence-electron chi connectivity index (χ3n) is 5.30. The number of benzene rings is 1. The van der Waals surface area contributed by atoms with E-state index in [9.17, 15) is 14.7 Å². The van der Waals surface area contributed by atoms with Crippen LogP contribution in [0.4, 0.5) is 5.82 Å². The summed E-state index contributed by atoms with van der Waals surface area (Å²) >= 11 is 0. The molecule has 0 radical (unpaired) electrons. The molecule has 2 aromatic heterocycles. The second-order valence-electron chi connectivity index (χ2n) is 7.47. The lowest BCUT2D eigenvalue weighted by Gasteiger charge is -2.23. The number of hydrogen-bond donors (Lipinski definition) is 1. The molecule has 3 heterocycles. The number of rotatable bonds is 3. The number of Topliss-reactive ketones (excluding diaryl/α,β-unsaturated/α-hetero) is 1. The monoisotopic (exact) mass is 400 g/mol. The van der Waals surface area contributed by atoms with Gasteiger partial charge in [-0.3, -0.25) is 14.5 Å². The largest absolute Gasteiger partial charge is 0.507 e. The Balaban J connectivity index is 1.99. The molecule has 3 aromatic rings.